The molecule has 2 N–H and O–H groups in total. The van der Waals surface area contributed by atoms with Gasteiger partial charge < -0.3 is 5.11 Å². The van der Waals surface area contributed by atoms with E-state index in [-0.39, 0.29) is 17.1 Å². The van der Waals surface area contributed by atoms with Crippen molar-refractivity contribution in [2.24, 2.45) is 5.10 Å². The van der Waals surface area contributed by atoms with Crippen molar-refractivity contribution in [2.45, 2.75) is 6.54 Å². The number of halogens is 1. The minimum atomic E-state index is -0.509. The van der Waals surface area contributed by atoms with Gasteiger partial charge in [-0.05, 0) is 39.2 Å². The predicted molar refractivity (Wildman–Crippen MR) is 105 cm³/mol. The smallest absolute Gasteiger partial charge is 0.293 e. The third kappa shape index (κ3) is 4.80. The van der Waals surface area contributed by atoms with Crippen LogP contribution in [0.25, 0.3) is 0 Å². The molecule has 0 saturated heterocycles. The van der Waals surface area contributed by atoms with E-state index in [1.165, 1.54) is 30.5 Å². The summed E-state index contributed by atoms with van der Waals surface area (Å²) in [6.07, 6.45) is 3.04. The fourth-order valence-corrected chi connectivity index (χ4v) is 2.86. The van der Waals surface area contributed by atoms with Gasteiger partial charge in [0.2, 0.25) is 0 Å². The molecule has 10 heteroatoms. The Morgan fingerprint density at radius 3 is 2.75 bits per heavy atom. The summed E-state index contributed by atoms with van der Waals surface area (Å²) in [6, 6.07) is 12.5. The highest BCUT2D eigenvalue weighted by Crippen LogP contribution is 2.17. The third-order valence-corrected chi connectivity index (χ3v) is 4.25. The molecule has 0 bridgehead atoms. The van der Waals surface area contributed by atoms with E-state index >= 15 is 0 Å². The van der Waals surface area contributed by atoms with Crippen molar-refractivity contribution in [2.75, 3.05) is 0 Å². The van der Waals surface area contributed by atoms with Crippen LogP contribution < -0.4 is 5.43 Å². The zero-order chi connectivity index (χ0) is 20.1. The maximum absolute atomic E-state index is 12.3. The highest BCUT2D eigenvalue weighted by Gasteiger charge is 2.15. The zero-order valence-electron chi connectivity index (χ0n) is 14.3. The van der Waals surface area contributed by atoms with Crippen molar-refractivity contribution in [3.63, 3.8) is 0 Å². The summed E-state index contributed by atoms with van der Waals surface area (Å²) < 4.78 is 2.03. The number of nitrogens with zero attached hydrogens (tertiary/aromatic N) is 4. The molecule has 1 heterocycles. The maximum Gasteiger partial charge on any atom is 0.293 e. The average molecular weight is 444 g/mol. The van der Waals surface area contributed by atoms with Crippen LogP contribution in [0.4, 0.5) is 5.69 Å². The molecule has 0 radical (unpaired) electrons. The molecule has 2 aromatic carbocycles. The molecule has 0 aliphatic rings. The summed E-state index contributed by atoms with van der Waals surface area (Å²) in [5, 5.41) is 28.2. The molecule has 142 valence electrons. The largest absolute Gasteiger partial charge is 0.508 e. The second-order valence-electron chi connectivity index (χ2n) is 5.74. The number of hydrogen-bond acceptors (Lipinski definition) is 6. The first kappa shape index (κ1) is 19.2. The summed E-state index contributed by atoms with van der Waals surface area (Å²) >= 11 is 3.29. The first-order chi connectivity index (χ1) is 13.4. The van der Waals surface area contributed by atoms with Crippen LogP contribution in [0, 0.1) is 10.1 Å². The van der Waals surface area contributed by atoms with Gasteiger partial charge in [-0.1, -0.05) is 24.3 Å². The number of rotatable bonds is 6. The average Bonchev–Trinajstić information content (AvgIpc) is 3.02. The number of amides is 1. The van der Waals surface area contributed by atoms with Gasteiger partial charge in [-0.25, -0.2) is 5.43 Å². The van der Waals surface area contributed by atoms with E-state index < -0.39 is 10.8 Å². The van der Waals surface area contributed by atoms with E-state index in [1.54, 1.807) is 35.1 Å². The summed E-state index contributed by atoms with van der Waals surface area (Å²) in [7, 11) is 0. The third-order valence-electron chi connectivity index (χ3n) is 3.67. The van der Waals surface area contributed by atoms with Gasteiger partial charge in [0.05, 0.1) is 22.2 Å². The molecule has 3 rings (SSSR count). The van der Waals surface area contributed by atoms with Gasteiger partial charge >= 0.3 is 0 Å². The van der Waals surface area contributed by atoms with E-state index in [4.69, 9.17) is 0 Å². The van der Waals surface area contributed by atoms with Crippen molar-refractivity contribution in [1.82, 2.24) is 15.2 Å². The van der Waals surface area contributed by atoms with Crippen molar-refractivity contribution in [3.05, 3.63) is 86.1 Å². The Bertz CT molecular complexity index is 1050. The Hall–Kier alpha value is -3.53. The molecule has 9 nitrogen and oxygen atoms in total. The van der Waals surface area contributed by atoms with Crippen molar-refractivity contribution in [1.29, 1.82) is 0 Å². The maximum atomic E-state index is 12.3. The predicted octanol–water partition coefficient (Wildman–Crippen LogP) is 3.07. The quantitative estimate of drug-likeness (QED) is 0.344. The molecule has 0 aliphatic heterocycles. The van der Waals surface area contributed by atoms with Crippen LogP contribution in [0.5, 0.6) is 5.75 Å². The second-order valence-corrected chi connectivity index (χ2v) is 6.60. The van der Waals surface area contributed by atoms with Crippen molar-refractivity contribution in [3.8, 4) is 5.75 Å². The minimum absolute atomic E-state index is 0.00931. The van der Waals surface area contributed by atoms with Crippen LogP contribution >= 0.6 is 15.9 Å². The molecule has 0 unspecified atom stereocenters. The van der Waals surface area contributed by atoms with Gasteiger partial charge in [0, 0.05) is 18.3 Å². The molecule has 1 aromatic heterocycles. The number of nitro benzene ring substituents is 1. The molecule has 3 aromatic rings. The number of carbonyl (C=O) groups excluding carboxylic acids is 1. The molecule has 1 amide bonds. The summed E-state index contributed by atoms with van der Waals surface area (Å²) in [6.45, 7) is 0.344. The van der Waals surface area contributed by atoms with Crippen molar-refractivity contribution >= 4 is 33.7 Å². The number of phenols is 1. The van der Waals surface area contributed by atoms with Gasteiger partial charge in [-0.3, -0.25) is 19.6 Å². The lowest BCUT2D eigenvalue weighted by Gasteiger charge is -2.01. The highest BCUT2D eigenvalue weighted by atomic mass is 79.9. The summed E-state index contributed by atoms with van der Waals surface area (Å²) in [4.78, 5) is 22.5. The fraction of sp³-hybridized carbons (Fsp3) is 0.0556. The SMILES string of the molecule is O=C(NN=Cc1cccc(O)c1)c1nn(Cc2ccc([N+](=O)[O-])cc2)cc1Br. The van der Waals surface area contributed by atoms with Gasteiger partial charge in [-0.15, -0.1) is 0 Å². The Labute approximate surface area is 167 Å². The Balaban J connectivity index is 1.65. The number of aromatic hydroxyl groups is 1. The lowest BCUT2D eigenvalue weighted by Crippen LogP contribution is -2.19. The summed E-state index contributed by atoms with van der Waals surface area (Å²) in [5.74, 6) is -0.409. The molecule has 0 atom stereocenters. The standard InChI is InChI=1S/C18H14BrN5O4/c19-16-11-23(10-12-4-6-14(7-5-12)24(27)28)22-17(16)18(26)21-20-9-13-2-1-3-15(25)8-13/h1-9,11,25H,10H2,(H,21,26). The number of nitrogens with one attached hydrogen (secondary N) is 1. The van der Waals surface area contributed by atoms with Crippen molar-refractivity contribution < 1.29 is 14.8 Å². The zero-order valence-corrected chi connectivity index (χ0v) is 15.9. The monoisotopic (exact) mass is 443 g/mol. The van der Waals surface area contributed by atoms with E-state index in [0.29, 0.717) is 16.6 Å². The second kappa shape index (κ2) is 8.44. The number of non-ortho nitro benzene ring substituents is 1. The van der Waals surface area contributed by atoms with Gasteiger partial charge in [0.25, 0.3) is 11.6 Å². The van der Waals surface area contributed by atoms with Crippen LogP contribution in [-0.4, -0.2) is 31.9 Å². The highest BCUT2D eigenvalue weighted by molar-refractivity contribution is 9.10. The molecular weight excluding hydrogens is 430 g/mol. The van der Waals surface area contributed by atoms with E-state index in [0.717, 1.165) is 5.56 Å². The molecule has 0 spiro atoms. The van der Waals surface area contributed by atoms with Gasteiger partial charge in [0.15, 0.2) is 5.69 Å². The van der Waals surface area contributed by atoms with Gasteiger partial charge in [0.1, 0.15) is 5.75 Å². The molecule has 28 heavy (non-hydrogen) atoms. The fourth-order valence-electron chi connectivity index (χ4n) is 2.37. The number of aromatic nitrogens is 2. The number of carbonyl (C=O) groups is 1. The van der Waals surface area contributed by atoms with Gasteiger partial charge in [-0.2, -0.15) is 10.2 Å². The first-order valence-corrected chi connectivity index (χ1v) is 8.80. The van der Waals surface area contributed by atoms with E-state index in [1.807, 2.05) is 0 Å². The van der Waals surface area contributed by atoms with Crippen LogP contribution in [0.2, 0.25) is 0 Å². The number of phenolic OH excluding ortho intramolecular Hbond substituents is 1. The Kier molecular flexibility index (Phi) is 5.80. The number of hydrazone groups is 1. The van der Waals surface area contributed by atoms with Crippen LogP contribution in [-0.2, 0) is 6.54 Å². The lowest BCUT2D eigenvalue weighted by atomic mass is 10.2. The normalized spacial score (nSPS) is 10.9. The Morgan fingerprint density at radius 2 is 2.07 bits per heavy atom. The lowest BCUT2D eigenvalue weighted by molar-refractivity contribution is -0.384. The number of nitro groups is 1. The molecular formula is C18H14BrN5O4. The Morgan fingerprint density at radius 1 is 1.32 bits per heavy atom. The van der Waals surface area contributed by atoms with Crippen LogP contribution in [0.3, 0.4) is 0 Å². The first-order valence-electron chi connectivity index (χ1n) is 8.01. The minimum Gasteiger partial charge on any atom is -0.508 e. The van der Waals surface area contributed by atoms with E-state index in [2.05, 4.69) is 31.6 Å². The van der Waals surface area contributed by atoms with E-state index in [9.17, 15) is 20.0 Å². The topological polar surface area (TPSA) is 123 Å². The molecule has 0 aliphatic carbocycles. The molecule has 0 fully saturated rings. The number of benzene rings is 2. The molecule has 0 saturated carbocycles. The van der Waals surface area contributed by atoms with Crippen LogP contribution in [0.15, 0.2) is 64.3 Å². The summed E-state index contributed by atoms with van der Waals surface area (Å²) in [5.41, 5.74) is 3.96. The van der Waals surface area contributed by atoms with Crippen LogP contribution in [0.1, 0.15) is 21.6 Å². The number of hydrogen-bond donors (Lipinski definition) is 2.